The average molecular weight is 861 g/mol. The highest BCUT2D eigenvalue weighted by molar-refractivity contribution is 8.29. The number of ether oxygens (including phenoxy) is 1. The van der Waals surface area contributed by atoms with Crippen LogP contribution in [0.5, 0.6) is 23.0 Å². The third-order valence-electron chi connectivity index (χ3n) is 12.8. The van der Waals surface area contributed by atoms with E-state index in [4.69, 9.17) is 17.3 Å². The van der Waals surface area contributed by atoms with Crippen LogP contribution in [0.15, 0.2) is 72.8 Å². The monoisotopic (exact) mass is 860 g/mol. The van der Waals surface area contributed by atoms with Crippen molar-refractivity contribution >= 4 is 30.9 Å². The molecule has 0 amide bonds. The molecule has 2 aliphatic rings. The Bertz CT molecular complexity index is 2000. The Morgan fingerprint density at radius 3 is 0.949 bits per heavy atom. The number of aryl methyl sites for hydroxylation is 4. The highest BCUT2D eigenvalue weighted by Gasteiger charge is 2.42. The molecular weight excluding hydrogens is 785 g/mol. The highest BCUT2D eigenvalue weighted by atomic mass is 32.3. The van der Waals surface area contributed by atoms with Gasteiger partial charge in [0.1, 0.15) is 23.0 Å². The van der Waals surface area contributed by atoms with Gasteiger partial charge < -0.3 is 17.3 Å². The van der Waals surface area contributed by atoms with Crippen molar-refractivity contribution in [1.82, 2.24) is 0 Å². The van der Waals surface area contributed by atoms with Gasteiger partial charge in [-0.3, -0.25) is 0 Å². The fourth-order valence-electron chi connectivity index (χ4n) is 9.97. The predicted octanol–water partition coefficient (Wildman–Crippen LogP) is 14.3. The molecule has 7 heteroatoms. The second-order valence-corrected chi connectivity index (χ2v) is 30.9. The molecule has 0 spiro atoms. The Morgan fingerprint density at radius 1 is 0.441 bits per heavy atom. The zero-order valence-electron chi connectivity index (χ0n) is 39.0. The van der Waals surface area contributed by atoms with Gasteiger partial charge in [0, 0.05) is 10.8 Å². The Kier molecular flexibility index (Phi) is 13.8. The smallest absolute Gasteiger partial charge is 0.137 e. The molecule has 2 aliphatic carbocycles. The van der Waals surface area contributed by atoms with Gasteiger partial charge in [0.25, 0.3) is 0 Å². The van der Waals surface area contributed by atoms with Gasteiger partial charge in [-0.15, -0.1) is 30.9 Å². The maximum atomic E-state index is 6.48. The van der Waals surface area contributed by atoms with Crippen molar-refractivity contribution in [3.05, 3.63) is 117 Å². The maximum Gasteiger partial charge on any atom is 0.137 e. The summed E-state index contributed by atoms with van der Waals surface area (Å²) in [7, 11) is -3.38. The largest absolute Gasteiger partial charge is 0.494 e. The van der Waals surface area contributed by atoms with Crippen molar-refractivity contribution in [2.24, 2.45) is 11.8 Å². The summed E-state index contributed by atoms with van der Waals surface area (Å²) in [6.07, 6.45) is 30.9. The minimum absolute atomic E-state index is 0.0178. The summed E-state index contributed by atoms with van der Waals surface area (Å²) < 4.78 is 25.4. The Hall–Kier alpha value is -2.87. The average Bonchev–Trinajstić information content (AvgIpc) is 3.14. The van der Waals surface area contributed by atoms with Crippen LogP contribution < -0.4 is 17.3 Å². The molecule has 4 aromatic rings. The van der Waals surface area contributed by atoms with Crippen molar-refractivity contribution in [2.45, 2.75) is 103 Å². The van der Waals surface area contributed by atoms with Crippen LogP contribution in [0.3, 0.4) is 0 Å². The van der Waals surface area contributed by atoms with E-state index in [1.807, 2.05) is 0 Å². The first-order chi connectivity index (χ1) is 27.6. The zero-order chi connectivity index (χ0) is 43.0. The SMILES string of the molecule is CCOc1ccc(C2(c3ccc(OS(C)(C)C)c(C)c3)CCC(CC3CCC(c4ccc(OS(C)(C)C)c(C)c4)(c4ccc(OS(C)(C)C)c(C)c4)CC3)CC2)cc1C. The number of rotatable bonds is 14. The highest BCUT2D eigenvalue weighted by Crippen LogP contribution is 2.54. The predicted molar refractivity (Wildman–Crippen MR) is 264 cm³/mol. The molecule has 0 N–H and O–H groups in total. The van der Waals surface area contributed by atoms with Gasteiger partial charge in [0.15, 0.2) is 0 Å². The Balaban J connectivity index is 1.24. The van der Waals surface area contributed by atoms with Gasteiger partial charge in [0.05, 0.1) is 6.61 Å². The van der Waals surface area contributed by atoms with Crippen LogP contribution in [0.2, 0.25) is 0 Å². The molecule has 0 atom stereocenters. The maximum absolute atomic E-state index is 6.48. The number of hydrogen-bond donors (Lipinski definition) is 0. The minimum atomic E-state index is -1.13. The van der Waals surface area contributed by atoms with E-state index < -0.39 is 30.9 Å². The summed E-state index contributed by atoms with van der Waals surface area (Å²) >= 11 is 0. The summed E-state index contributed by atoms with van der Waals surface area (Å²) in [6.45, 7) is 11.6. The van der Waals surface area contributed by atoms with Crippen LogP contribution >= 0.6 is 30.9 Å². The third kappa shape index (κ3) is 11.0. The normalized spacial score (nSPS) is 21.1. The van der Waals surface area contributed by atoms with E-state index in [9.17, 15) is 0 Å². The van der Waals surface area contributed by atoms with Crippen molar-refractivity contribution in [1.29, 1.82) is 0 Å². The van der Waals surface area contributed by atoms with Crippen LogP contribution in [-0.2, 0) is 10.8 Å². The van der Waals surface area contributed by atoms with Crippen molar-refractivity contribution in [3.8, 4) is 23.0 Å². The molecule has 4 aromatic carbocycles. The number of hydrogen-bond acceptors (Lipinski definition) is 4. The molecule has 326 valence electrons. The van der Waals surface area contributed by atoms with E-state index in [2.05, 4.69) is 164 Å². The van der Waals surface area contributed by atoms with Gasteiger partial charge in [-0.2, -0.15) is 0 Å². The van der Waals surface area contributed by atoms with Crippen molar-refractivity contribution in [2.75, 3.05) is 62.9 Å². The van der Waals surface area contributed by atoms with E-state index >= 15 is 0 Å². The second kappa shape index (κ2) is 17.8. The molecule has 6 rings (SSSR count). The van der Waals surface area contributed by atoms with Crippen molar-refractivity contribution in [3.63, 3.8) is 0 Å². The van der Waals surface area contributed by atoms with Gasteiger partial charge in [0.2, 0.25) is 0 Å². The second-order valence-electron chi connectivity index (χ2n) is 20.1. The molecule has 59 heavy (non-hydrogen) atoms. The summed E-state index contributed by atoms with van der Waals surface area (Å²) in [4.78, 5) is 0. The molecule has 0 bridgehead atoms. The van der Waals surface area contributed by atoms with Crippen molar-refractivity contribution < 1.29 is 17.3 Å². The lowest BCUT2D eigenvalue weighted by Crippen LogP contribution is -2.36. The fourth-order valence-corrected chi connectivity index (χ4v) is 12.1. The summed E-state index contributed by atoms with van der Waals surface area (Å²) in [5.74, 6) is 5.55. The number of benzene rings is 4. The molecule has 0 radical (unpaired) electrons. The standard InChI is InChI=1S/C52H76O4S3/c1-15-53-47-20-16-43(32-37(47)2)51(44-17-21-48(38(3)33-44)54-57(6,7)8)28-24-41(25-29-51)36-42-26-30-52(31-27-42,45-18-22-49(39(4)34-45)55-58(9,10)11)46-19-23-50(40(5)35-46)56-59(12,13)14/h16-23,32-35,41-42H,15,24-31,36H2,1-14H3. The Morgan fingerprint density at radius 2 is 0.712 bits per heavy atom. The lowest BCUT2D eigenvalue weighted by atomic mass is 9.59. The molecule has 0 heterocycles. The summed E-state index contributed by atoms with van der Waals surface area (Å²) in [5, 5.41) is 0. The topological polar surface area (TPSA) is 36.9 Å². The molecule has 0 aliphatic heterocycles. The van der Waals surface area contributed by atoms with E-state index in [0.29, 0.717) is 6.61 Å². The molecule has 0 saturated heterocycles. The van der Waals surface area contributed by atoms with E-state index in [1.54, 1.807) is 0 Å². The fraction of sp³-hybridized carbons (Fsp3) is 0.538. The third-order valence-corrected chi connectivity index (χ3v) is 14.9. The molecule has 2 saturated carbocycles. The van der Waals surface area contributed by atoms with E-state index in [-0.39, 0.29) is 10.8 Å². The van der Waals surface area contributed by atoms with Crippen LogP contribution in [0.4, 0.5) is 0 Å². The molecule has 2 fully saturated rings. The van der Waals surface area contributed by atoms with Gasteiger partial charge in [-0.25, -0.2) is 0 Å². The molecule has 0 aromatic heterocycles. The summed E-state index contributed by atoms with van der Waals surface area (Å²) in [5.41, 5.74) is 10.6. The van der Waals surface area contributed by atoms with Gasteiger partial charge >= 0.3 is 0 Å². The quantitative estimate of drug-likeness (QED) is 0.127. The first-order valence-electron chi connectivity index (χ1n) is 21.8. The zero-order valence-corrected chi connectivity index (χ0v) is 41.5. The van der Waals surface area contributed by atoms with Crippen LogP contribution in [0, 0.1) is 39.5 Å². The molecule has 0 unspecified atom stereocenters. The molecule has 4 nitrogen and oxygen atoms in total. The lowest BCUT2D eigenvalue weighted by molar-refractivity contribution is 0.185. The van der Waals surface area contributed by atoms with Gasteiger partial charge in [-0.05, 0) is 229 Å². The van der Waals surface area contributed by atoms with Gasteiger partial charge in [-0.1, -0.05) is 48.5 Å². The molecular formula is C52H76O4S3. The first kappa shape index (κ1) is 45.7. The van der Waals surface area contributed by atoms with Crippen LogP contribution in [0.25, 0.3) is 0 Å². The van der Waals surface area contributed by atoms with Crippen LogP contribution in [0.1, 0.15) is 109 Å². The lowest BCUT2D eigenvalue weighted by Gasteiger charge is -2.45. The minimum Gasteiger partial charge on any atom is -0.494 e. The van der Waals surface area contributed by atoms with Crippen LogP contribution in [-0.4, -0.2) is 62.9 Å². The van der Waals surface area contributed by atoms with E-state index in [0.717, 1.165) is 47.7 Å². The summed E-state index contributed by atoms with van der Waals surface area (Å²) in [6, 6.07) is 28.2. The first-order valence-corrected chi connectivity index (χ1v) is 30.2. The van der Waals surface area contributed by atoms with E-state index in [1.165, 1.54) is 89.5 Å². The Labute approximate surface area is 364 Å².